The van der Waals surface area contributed by atoms with E-state index < -0.39 is 0 Å². The zero-order chi connectivity index (χ0) is 13.9. The highest BCUT2D eigenvalue weighted by atomic mass is 32.1. The van der Waals surface area contributed by atoms with Crippen LogP contribution in [0.4, 0.5) is 10.9 Å². The van der Waals surface area contributed by atoms with Crippen LogP contribution in [0.1, 0.15) is 10.5 Å². The molecule has 2 N–H and O–H groups in total. The Balaban J connectivity index is 1.63. The van der Waals surface area contributed by atoms with Crippen LogP contribution in [0.2, 0.25) is 0 Å². The third-order valence-corrected chi connectivity index (χ3v) is 3.99. The predicted molar refractivity (Wildman–Crippen MR) is 76.7 cm³/mol. The van der Waals surface area contributed by atoms with Crippen molar-refractivity contribution in [2.24, 2.45) is 0 Å². The summed E-state index contributed by atoms with van der Waals surface area (Å²) in [6.07, 6.45) is 1.79. The summed E-state index contributed by atoms with van der Waals surface area (Å²) >= 11 is 1.61. The van der Waals surface area contributed by atoms with Crippen molar-refractivity contribution in [3.63, 3.8) is 0 Å². The van der Waals surface area contributed by atoms with E-state index in [2.05, 4.69) is 20.1 Å². The summed E-state index contributed by atoms with van der Waals surface area (Å²) in [6, 6.07) is 3.20. The summed E-state index contributed by atoms with van der Waals surface area (Å²) in [5.74, 6) is 0.214. The molecule has 2 aromatic heterocycles. The standard InChI is InChI=1S/C12H14N6OS/c13-10-2-1-9(15-16-10)11(19)17-4-6-18(7-5-17)12-14-3-8-20-12/h1-3,8H,4-7H2,(H2,13,16). The molecule has 0 spiro atoms. The number of piperazine rings is 1. The van der Waals surface area contributed by atoms with Gasteiger partial charge in [0.05, 0.1) is 0 Å². The number of nitrogens with two attached hydrogens (primary N) is 1. The molecule has 1 aliphatic heterocycles. The first-order valence-corrected chi connectivity index (χ1v) is 7.15. The molecule has 1 amide bonds. The zero-order valence-corrected chi connectivity index (χ0v) is 11.6. The molecule has 20 heavy (non-hydrogen) atoms. The first-order chi connectivity index (χ1) is 9.74. The Morgan fingerprint density at radius 3 is 2.60 bits per heavy atom. The summed E-state index contributed by atoms with van der Waals surface area (Å²) < 4.78 is 0. The maximum atomic E-state index is 12.3. The van der Waals surface area contributed by atoms with E-state index in [1.54, 1.807) is 34.6 Å². The van der Waals surface area contributed by atoms with Crippen LogP contribution in [0.25, 0.3) is 0 Å². The van der Waals surface area contributed by atoms with Gasteiger partial charge in [0.1, 0.15) is 5.82 Å². The number of hydrogen-bond donors (Lipinski definition) is 1. The number of carbonyl (C=O) groups is 1. The van der Waals surface area contributed by atoms with Crippen molar-refractivity contribution in [1.82, 2.24) is 20.1 Å². The molecule has 1 saturated heterocycles. The van der Waals surface area contributed by atoms with Crippen molar-refractivity contribution in [1.29, 1.82) is 0 Å². The molecule has 0 atom stereocenters. The highest BCUT2D eigenvalue weighted by molar-refractivity contribution is 7.13. The Labute approximate surface area is 120 Å². The average Bonchev–Trinajstić information content (AvgIpc) is 3.02. The number of nitrogens with zero attached hydrogens (tertiary/aromatic N) is 5. The molecule has 3 rings (SSSR count). The number of nitrogen functional groups attached to an aromatic ring is 1. The quantitative estimate of drug-likeness (QED) is 0.865. The van der Waals surface area contributed by atoms with Crippen LogP contribution in [-0.2, 0) is 0 Å². The van der Waals surface area contributed by atoms with Crippen LogP contribution in [0.3, 0.4) is 0 Å². The average molecular weight is 290 g/mol. The Morgan fingerprint density at radius 1 is 1.20 bits per heavy atom. The normalized spacial score (nSPS) is 15.4. The fourth-order valence-electron chi connectivity index (χ4n) is 2.09. The van der Waals surface area contributed by atoms with Crippen molar-refractivity contribution >= 4 is 28.2 Å². The molecule has 8 heteroatoms. The molecular weight excluding hydrogens is 276 g/mol. The van der Waals surface area contributed by atoms with Crippen molar-refractivity contribution in [2.75, 3.05) is 36.8 Å². The lowest BCUT2D eigenvalue weighted by Crippen LogP contribution is -2.49. The summed E-state index contributed by atoms with van der Waals surface area (Å²) in [5, 5.41) is 10.5. The topological polar surface area (TPSA) is 88.2 Å². The fourth-order valence-corrected chi connectivity index (χ4v) is 2.79. The summed E-state index contributed by atoms with van der Waals surface area (Å²) in [6.45, 7) is 2.87. The lowest BCUT2D eigenvalue weighted by molar-refractivity contribution is 0.0739. The number of rotatable bonds is 2. The van der Waals surface area contributed by atoms with Crippen LogP contribution in [0, 0.1) is 0 Å². The maximum Gasteiger partial charge on any atom is 0.274 e. The maximum absolute atomic E-state index is 12.3. The van der Waals surface area contributed by atoms with Gasteiger partial charge in [0.2, 0.25) is 0 Å². The molecule has 3 heterocycles. The van der Waals surface area contributed by atoms with E-state index in [1.165, 1.54) is 0 Å². The molecule has 0 bridgehead atoms. The van der Waals surface area contributed by atoms with Gasteiger partial charge >= 0.3 is 0 Å². The number of anilines is 2. The summed E-state index contributed by atoms with van der Waals surface area (Å²) in [5.41, 5.74) is 5.80. The van der Waals surface area contributed by atoms with Gasteiger partial charge in [0, 0.05) is 37.8 Å². The van der Waals surface area contributed by atoms with Gasteiger partial charge < -0.3 is 15.5 Å². The molecule has 0 saturated carbocycles. The van der Waals surface area contributed by atoms with Crippen LogP contribution >= 0.6 is 11.3 Å². The van der Waals surface area contributed by atoms with Crippen LogP contribution in [0.5, 0.6) is 0 Å². The van der Waals surface area contributed by atoms with Crippen molar-refractivity contribution in [3.05, 3.63) is 29.4 Å². The van der Waals surface area contributed by atoms with Gasteiger partial charge in [-0.25, -0.2) is 4.98 Å². The molecule has 0 aromatic carbocycles. The third-order valence-electron chi connectivity index (χ3n) is 3.16. The first kappa shape index (κ1) is 12.8. The van der Waals surface area contributed by atoms with E-state index in [9.17, 15) is 4.79 Å². The van der Waals surface area contributed by atoms with E-state index >= 15 is 0 Å². The molecule has 1 fully saturated rings. The molecule has 0 radical (unpaired) electrons. The number of thiazole rings is 1. The van der Waals surface area contributed by atoms with Crippen molar-refractivity contribution < 1.29 is 4.79 Å². The second-order valence-corrected chi connectivity index (χ2v) is 5.31. The number of hydrogen-bond acceptors (Lipinski definition) is 7. The molecule has 7 nitrogen and oxygen atoms in total. The largest absolute Gasteiger partial charge is 0.382 e. The predicted octanol–water partition coefficient (Wildman–Crippen LogP) is 0.478. The lowest BCUT2D eigenvalue weighted by Gasteiger charge is -2.34. The number of amides is 1. The van der Waals surface area contributed by atoms with E-state index in [1.807, 2.05) is 5.38 Å². The third kappa shape index (κ3) is 2.55. The van der Waals surface area contributed by atoms with Gasteiger partial charge in [-0.15, -0.1) is 21.5 Å². The zero-order valence-electron chi connectivity index (χ0n) is 10.8. The Morgan fingerprint density at radius 2 is 2.00 bits per heavy atom. The highest BCUT2D eigenvalue weighted by Crippen LogP contribution is 2.19. The Hall–Kier alpha value is -2.22. The smallest absolute Gasteiger partial charge is 0.274 e. The van der Waals surface area contributed by atoms with Gasteiger partial charge in [-0.1, -0.05) is 0 Å². The van der Waals surface area contributed by atoms with Crippen LogP contribution in [-0.4, -0.2) is 52.2 Å². The van der Waals surface area contributed by atoms with Crippen molar-refractivity contribution in [3.8, 4) is 0 Å². The van der Waals surface area contributed by atoms with Gasteiger partial charge in [-0.2, -0.15) is 0 Å². The fraction of sp³-hybridized carbons (Fsp3) is 0.333. The minimum Gasteiger partial charge on any atom is -0.382 e. The van der Waals surface area contributed by atoms with E-state index in [0.717, 1.165) is 18.2 Å². The monoisotopic (exact) mass is 290 g/mol. The van der Waals surface area contributed by atoms with E-state index in [-0.39, 0.29) is 5.91 Å². The highest BCUT2D eigenvalue weighted by Gasteiger charge is 2.24. The first-order valence-electron chi connectivity index (χ1n) is 6.27. The minimum absolute atomic E-state index is 0.101. The van der Waals surface area contributed by atoms with Gasteiger partial charge in [0.15, 0.2) is 10.8 Å². The van der Waals surface area contributed by atoms with Crippen LogP contribution < -0.4 is 10.6 Å². The van der Waals surface area contributed by atoms with Gasteiger partial charge in [-0.3, -0.25) is 4.79 Å². The Kier molecular flexibility index (Phi) is 3.46. The second kappa shape index (κ2) is 5.41. The van der Waals surface area contributed by atoms with Crippen molar-refractivity contribution in [2.45, 2.75) is 0 Å². The Bertz CT molecular complexity index is 577. The summed E-state index contributed by atoms with van der Waals surface area (Å²) in [4.78, 5) is 20.5. The molecule has 104 valence electrons. The number of carbonyl (C=O) groups excluding carboxylic acids is 1. The lowest BCUT2D eigenvalue weighted by atomic mass is 10.2. The molecule has 1 aliphatic rings. The SMILES string of the molecule is Nc1ccc(C(=O)N2CCN(c3nccs3)CC2)nn1. The van der Waals surface area contributed by atoms with Crippen LogP contribution in [0.15, 0.2) is 23.7 Å². The molecule has 0 aliphatic carbocycles. The van der Waals surface area contributed by atoms with E-state index in [4.69, 9.17) is 5.73 Å². The van der Waals surface area contributed by atoms with E-state index in [0.29, 0.717) is 24.6 Å². The van der Waals surface area contributed by atoms with Gasteiger partial charge in [0.25, 0.3) is 5.91 Å². The minimum atomic E-state index is -0.101. The van der Waals surface area contributed by atoms with Gasteiger partial charge in [-0.05, 0) is 12.1 Å². The molecule has 0 unspecified atom stereocenters. The second-order valence-electron chi connectivity index (χ2n) is 4.44. The molecule has 2 aromatic rings. The number of aromatic nitrogens is 3. The summed E-state index contributed by atoms with van der Waals surface area (Å²) in [7, 11) is 0. The molecular formula is C12H14N6OS.